The number of benzene rings is 1. The van der Waals surface area contributed by atoms with Crippen LogP contribution in [0.15, 0.2) is 53.7 Å². The highest BCUT2D eigenvalue weighted by Crippen LogP contribution is 2.15. The number of Topliss-reactive ketones (excluding diaryl/α,β-unsaturated/α-hetero) is 1. The van der Waals surface area contributed by atoms with Crippen LogP contribution in [0.5, 0.6) is 5.75 Å². The summed E-state index contributed by atoms with van der Waals surface area (Å²) in [7, 11) is 1.62. The number of anilines is 1. The fraction of sp³-hybridized carbons (Fsp3) is 0.143. The lowest BCUT2D eigenvalue weighted by Crippen LogP contribution is -2.11. The topological polar surface area (TPSA) is 50.7 Å². The van der Waals surface area contributed by atoms with Gasteiger partial charge in [-0.3, -0.25) is 10.2 Å². The van der Waals surface area contributed by atoms with Crippen molar-refractivity contribution < 1.29 is 9.53 Å². The summed E-state index contributed by atoms with van der Waals surface area (Å²) in [4.78, 5) is 11.6. The number of hydrogen-bond acceptors (Lipinski definition) is 4. The Morgan fingerprint density at radius 1 is 1.22 bits per heavy atom. The Labute approximate surface area is 106 Å². The summed E-state index contributed by atoms with van der Waals surface area (Å²) in [5.41, 5.74) is 4.09. The summed E-state index contributed by atoms with van der Waals surface area (Å²) < 4.78 is 5.06. The average Bonchev–Trinajstić information content (AvgIpc) is 2.62. The molecule has 0 spiro atoms. The van der Waals surface area contributed by atoms with E-state index in [1.807, 2.05) is 36.4 Å². The molecule has 0 heterocycles. The van der Waals surface area contributed by atoms with E-state index in [-0.39, 0.29) is 5.78 Å². The van der Waals surface area contributed by atoms with E-state index in [9.17, 15) is 4.79 Å². The van der Waals surface area contributed by atoms with Gasteiger partial charge in [-0.25, -0.2) is 0 Å². The Kier molecular flexibility index (Phi) is 3.91. The number of carbonyl (C=O) groups is 1. The molecule has 4 nitrogen and oxygen atoms in total. The predicted molar refractivity (Wildman–Crippen MR) is 72.0 cm³/mol. The molecule has 0 amide bonds. The maximum absolute atomic E-state index is 11.6. The molecule has 0 saturated heterocycles. The Morgan fingerprint density at radius 3 is 2.72 bits per heavy atom. The lowest BCUT2D eigenvalue weighted by molar-refractivity contribution is -0.112. The van der Waals surface area contributed by atoms with Crippen molar-refractivity contribution in [1.29, 1.82) is 0 Å². The van der Waals surface area contributed by atoms with E-state index in [1.54, 1.807) is 19.3 Å². The summed E-state index contributed by atoms with van der Waals surface area (Å²) in [6.45, 7) is 0. The van der Waals surface area contributed by atoms with Crippen molar-refractivity contribution in [2.45, 2.75) is 6.42 Å². The fourth-order valence-electron chi connectivity index (χ4n) is 1.49. The van der Waals surface area contributed by atoms with Crippen LogP contribution < -0.4 is 10.2 Å². The molecule has 0 bridgehead atoms. The zero-order valence-electron chi connectivity index (χ0n) is 10.1. The van der Waals surface area contributed by atoms with Crippen molar-refractivity contribution in [3.8, 4) is 5.75 Å². The van der Waals surface area contributed by atoms with Gasteiger partial charge in [0.1, 0.15) is 11.5 Å². The third-order valence-corrected chi connectivity index (χ3v) is 2.49. The Hall–Kier alpha value is -2.36. The van der Waals surface area contributed by atoms with E-state index in [4.69, 9.17) is 4.74 Å². The summed E-state index contributed by atoms with van der Waals surface area (Å²) in [6.07, 6.45) is 7.54. The molecular weight excluding hydrogens is 228 g/mol. The predicted octanol–water partition coefficient (Wildman–Crippen LogP) is 2.55. The molecule has 0 aromatic heterocycles. The highest BCUT2D eigenvalue weighted by molar-refractivity contribution is 6.44. The van der Waals surface area contributed by atoms with Gasteiger partial charge in [0, 0.05) is 6.42 Å². The fourth-order valence-corrected chi connectivity index (χ4v) is 1.49. The van der Waals surface area contributed by atoms with Crippen molar-refractivity contribution in [3.63, 3.8) is 0 Å². The van der Waals surface area contributed by atoms with Crippen molar-refractivity contribution >= 4 is 17.2 Å². The SMILES string of the molecule is COc1ccc(N/N=C2/C=CC=CCC2=O)cc1. The quantitative estimate of drug-likeness (QED) is 0.829. The molecule has 1 aliphatic carbocycles. The third-order valence-electron chi connectivity index (χ3n) is 2.49. The minimum Gasteiger partial charge on any atom is -0.497 e. The lowest BCUT2D eigenvalue weighted by Gasteiger charge is -2.03. The second kappa shape index (κ2) is 5.82. The minimum absolute atomic E-state index is 0.000937. The number of methoxy groups -OCH3 is 1. The summed E-state index contributed by atoms with van der Waals surface area (Å²) in [5, 5.41) is 4.10. The molecule has 0 saturated carbocycles. The molecule has 0 atom stereocenters. The van der Waals surface area contributed by atoms with Crippen LogP contribution in [0, 0.1) is 0 Å². The maximum atomic E-state index is 11.6. The molecule has 0 unspecified atom stereocenters. The Morgan fingerprint density at radius 2 is 2.00 bits per heavy atom. The van der Waals surface area contributed by atoms with Gasteiger partial charge >= 0.3 is 0 Å². The van der Waals surface area contributed by atoms with Gasteiger partial charge in [0.15, 0.2) is 5.78 Å². The van der Waals surface area contributed by atoms with E-state index < -0.39 is 0 Å². The largest absolute Gasteiger partial charge is 0.497 e. The zero-order chi connectivity index (χ0) is 12.8. The van der Waals surface area contributed by atoms with Crippen LogP contribution in [0.25, 0.3) is 0 Å². The highest BCUT2D eigenvalue weighted by atomic mass is 16.5. The molecule has 2 rings (SSSR count). The number of nitrogens with zero attached hydrogens (tertiary/aromatic N) is 1. The number of nitrogens with one attached hydrogen (secondary N) is 1. The molecule has 4 heteroatoms. The van der Waals surface area contributed by atoms with Crippen LogP contribution in [-0.4, -0.2) is 18.6 Å². The molecule has 1 aliphatic rings. The van der Waals surface area contributed by atoms with E-state index >= 15 is 0 Å². The number of rotatable bonds is 3. The molecule has 1 aromatic carbocycles. The van der Waals surface area contributed by atoms with Gasteiger partial charge < -0.3 is 4.74 Å². The summed E-state index contributed by atoms with van der Waals surface area (Å²) in [6, 6.07) is 7.34. The third kappa shape index (κ3) is 3.07. The number of ketones is 1. The van der Waals surface area contributed by atoms with Crippen LogP contribution in [-0.2, 0) is 4.79 Å². The molecule has 18 heavy (non-hydrogen) atoms. The zero-order valence-corrected chi connectivity index (χ0v) is 10.1. The van der Waals surface area contributed by atoms with Gasteiger partial charge in [-0.05, 0) is 30.3 Å². The summed E-state index contributed by atoms with van der Waals surface area (Å²) in [5.74, 6) is 0.781. The van der Waals surface area contributed by atoms with Crippen molar-refractivity contribution in [2.24, 2.45) is 5.10 Å². The van der Waals surface area contributed by atoms with Crippen LogP contribution in [0.3, 0.4) is 0 Å². The van der Waals surface area contributed by atoms with Crippen molar-refractivity contribution in [2.75, 3.05) is 12.5 Å². The Bertz CT molecular complexity index is 513. The number of ether oxygens (including phenoxy) is 1. The van der Waals surface area contributed by atoms with Gasteiger partial charge in [-0.15, -0.1) is 0 Å². The minimum atomic E-state index is 0.000937. The van der Waals surface area contributed by atoms with Crippen LogP contribution in [0.4, 0.5) is 5.69 Å². The second-order valence-electron chi connectivity index (χ2n) is 3.75. The maximum Gasteiger partial charge on any atom is 0.186 e. The van der Waals surface area contributed by atoms with Gasteiger partial charge in [0.2, 0.25) is 0 Å². The number of carbonyl (C=O) groups excluding carboxylic acids is 1. The molecule has 0 aliphatic heterocycles. The molecule has 92 valence electrons. The number of hydrogen-bond donors (Lipinski definition) is 1. The first-order valence-electron chi connectivity index (χ1n) is 5.64. The number of allylic oxidation sites excluding steroid dienone is 4. The normalized spacial score (nSPS) is 16.7. The Balaban J connectivity index is 2.07. The van der Waals surface area contributed by atoms with Crippen LogP contribution >= 0.6 is 0 Å². The van der Waals surface area contributed by atoms with Crippen molar-refractivity contribution in [1.82, 2.24) is 0 Å². The highest BCUT2D eigenvalue weighted by Gasteiger charge is 2.08. The van der Waals surface area contributed by atoms with Crippen LogP contribution in [0.2, 0.25) is 0 Å². The van der Waals surface area contributed by atoms with Gasteiger partial charge in [0.25, 0.3) is 0 Å². The molecule has 0 fully saturated rings. The lowest BCUT2D eigenvalue weighted by atomic mass is 10.2. The first-order chi connectivity index (χ1) is 8.79. The van der Waals surface area contributed by atoms with Crippen molar-refractivity contribution in [3.05, 3.63) is 48.6 Å². The molecular formula is C14H14N2O2. The molecule has 1 aromatic rings. The van der Waals surface area contributed by atoms with E-state index in [2.05, 4.69) is 10.5 Å². The average molecular weight is 242 g/mol. The first-order valence-corrected chi connectivity index (χ1v) is 5.64. The van der Waals surface area contributed by atoms with Gasteiger partial charge in [-0.2, -0.15) is 5.10 Å². The smallest absolute Gasteiger partial charge is 0.186 e. The summed E-state index contributed by atoms with van der Waals surface area (Å²) >= 11 is 0. The van der Waals surface area contributed by atoms with Crippen LogP contribution in [0.1, 0.15) is 6.42 Å². The van der Waals surface area contributed by atoms with Gasteiger partial charge in [-0.1, -0.05) is 18.2 Å². The van der Waals surface area contributed by atoms with E-state index in [0.717, 1.165) is 11.4 Å². The molecule has 0 radical (unpaired) electrons. The second-order valence-corrected chi connectivity index (χ2v) is 3.75. The monoisotopic (exact) mass is 242 g/mol. The first kappa shape index (κ1) is 12.1. The standard InChI is InChI=1S/C14H14N2O2/c1-18-12-9-7-11(8-10-12)15-16-13-5-3-2-4-6-14(13)17/h2-5,7-10,15H,6H2,1H3/b16-13-. The van der Waals surface area contributed by atoms with Gasteiger partial charge in [0.05, 0.1) is 12.8 Å². The van der Waals surface area contributed by atoms with E-state index in [0.29, 0.717) is 12.1 Å². The van der Waals surface area contributed by atoms with E-state index in [1.165, 1.54) is 0 Å². The molecule has 1 N–H and O–H groups in total. The number of hydrazone groups is 1.